The van der Waals surface area contributed by atoms with E-state index in [1.165, 1.54) is 25.3 Å². The minimum Gasteiger partial charge on any atom is -0.395 e. The molecule has 1 saturated carbocycles. The Bertz CT molecular complexity index is 567. The van der Waals surface area contributed by atoms with Crippen LogP contribution in [0.3, 0.4) is 0 Å². The number of hydrogen-bond donors (Lipinski definition) is 0. The van der Waals surface area contributed by atoms with E-state index in [4.69, 9.17) is 4.84 Å². The van der Waals surface area contributed by atoms with Crippen LogP contribution in [0.2, 0.25) is 0 Å². The molecular weight excluding hydrogens is 325 g/mol. The van der Waals surface area contributed by atoms with Gasteiger partial charge in [0.1, 0.15) is 6.61 Å². The van der Waals surface area contributed by atoms with Gasteiger partial charge in [-0.2, -0.15) is 8.78 Å². The monoisotopic (exact) mass is 338 g/mol. The minimum atomic E-state index is -2.37. The molecule has 0 aromatic carbocycles. The lowest BCUT2D eigenvalue weighted by Crippen LogP contribution is -1.98. The summed E-state index contributed by atoms with van der Waals surface area (Å²) >= 11 is 1.11. The topological polar surface area (TPSA) is 51.5 Å². The summed E-state index contributed by atoms with van der Waals surface area (Å²) in [5.74, 6) is -1.16. The molecule has 2 rings (SSSR count). The molecule has 1 atom stereocenters. The Kier molecular flexibility index (Phi) is 5.92. The Morgan fingerprint density at radius 1 is 1.52 bits per heavy atom. The van der Waals surface area contributed by atoms with Crippen LogP contribution in [-0.4, -0.2) is 27.8 Å². The lowest BCUT2D eigenvalue weighted by Gasteiger charge is -1.96. The lowest BCUT2D eigenvalue weighted by atomic mass is 10.4. The number of rotatable bonds is 8. The molecular formula is C12H13F3N2O2S2. The molecule has 1 aromatic rings. The van der Waals surface area contributed by atoms with E-state index in [9.17, 15) is 17.4 Å². The number of allylic oxidation sites excluding steroid dienone is 1. The molecule has 9 heteroatoms. The van der Waals surface area contributed by atoms with Crippen molar-refractivity contribution in [2.75, 3.05) is 12.4 Å². The van der Waals surface area contributed by atoms with Crippen molar-refractivity contribution >= 4 is 28.4 Å². The van der Waals surface area contributed by atoms with Crippen LogP contribution in [0.15, 0.2) is 27.6 Å². The second-order valence-corrected chi connectivity index (χ2v) is 7.27. The summed E-state index contributed by atoms with van der Waals surface area (Å²) in [6, 6.07) is 0. The van der Waals surface area contributed by atoms with E-state index in [1.54, 1.807) is 0 Å². The van der Waals surface area contributed by atoms with Crippen molar-refractivity contribution in [1.82, 2.24) is 4.98 Å². The van der Waals surface area contributed by atoms with Gasteiger partial charge in [-0.3, -0.25) is 4.21 Å². The summed E-state index contributed by atoms with van der Waals surface area (Å²) in [5, 5.41) is 3.77. The van der Waals surface area contributed by atoms with Crippen LogP contribution in [0.25, 0.3) is 0 Å². The summed E-state index contributed by atoms with van der Waals surface area (Å²) in [6.07, 6.45) is 2.33. The van der Waals surface area contributed by atoms with Gasteiger partial charge in [0, 0.05) is 18.4 Å². The summed E-state index contributed by atoms with van der Waals surface area (Å²) in [7, 11) is -1.61. The third-order valence-electron chi connectivity index (χ3n) is 2.67. The van der Waals surface area contributed by atoms with Gasteiger partial charge in [0.15, 0.2) is 10.2 Å². The van der Waals surface area contributed by atoms with E-state index in [-0.39, 0.29) is 10.1 Å². The van der Waals surface area contributed by atoms with Crippen LogP contribution in [0.4, 0.5) is 13.2 Å². The molecule has 0 saturated heterocycles. The molecule has 1 heterocycles. The molecule has 1 aliphatic carbocycles. The van der Waals surface area contributed by atoms with Crippen LogP contribution < -0.4 is 0 Å². The SMILES string of the molecule is O=S(CCC(F)=C(F)F)c1ncc(C=NOCC2CC2)s1. The zero-order valence-corrected chi connectivity index (χ0v) is 12.6. The van der Waals surface area contributed by atoms with Crippen molar-refractivity contribution in [2.45, 2.75) is 23.6 Å². The molecule has 0 amide bonds. The molecule has 1 unspecified atom stereocenters. The summed E-state index contributed by atoms with van der Waals surface area (Å²) in [5.41, 5.74) is 0. The van der Waals surface area contributed by atoms with Gasteiger partial charge in [0.2, 0.25) is 0 Å². The van der Waals surface area contributed by atoms with E-state index in [1.807, 2.05) is 0 Å². The predicted molar refractivity (Wildman–Crippen MR) is 74.6 cm³/mol. The largest absolute Gasteiger partial charge is 0.395 e. The van der Waals surface area contributed by atoms with Gasteiger partial charge in [-0.1, -0.05) is 5.16 Å². The zero-order valence-electron chi connectivity index (χ0n) is 10.9. The molecule has 1 aromatic heterocycles. The maximum Gasteiger partial charge on any atom is 0.301 e. The van der Waals surface area contributed by atoms with Crippen LogP contribution in [0.1, 0.15) is 24.1 Å². The molecule has 4 nitrogen and oxygen atoms in total. The van der Waals surface area contributed by atoms with Crippen molar-refractivity contribution in [3.63, 3.8) is 0 Å². The average Bonchev–Trinajstić information content (AvgIpc) is 3.16. The standard InChI is InChI=1S/C12H13F3N2O2S2/c13-10(11(14)15)3-4-21(18)12-16-5-9(20-12)6-17-19-7-8-1-2-8/h5-6,8H,1-4,7H2. The van der Waals surface area contributed by atoms with Gasteiger partial charge in [0.25, 0.3) is 0 Å². The molecule has 21 heavy (non-hydrogen) atoms. The lowest BCUT2D eigenvalue weighted by molar-refractivity contribution is 0.135. The third kappa shape index (κ3) is 5.58. The van der Waals surface area contributed by atoms with E-state index in [0.29, 0.717) is 17.4 Å². The zero-order chi connectivity index (χ0) is 15.2. The Labute approximate surface area is 126 Å². The minimum absolute atomic E-state index is 0.231. The summed E-state index contributed by atoms with van der Waals surface area (Å²) < 4.78 is 48.4. The van der Waals surface area contributed by atoms with Crippen molar-refractivity contribution < 1.29 is 22.2 Å². The molecule has 0 bridgehead atoms. The average molecular weight is 338 g/mol. The molecule has 1 aliphatic rings. The third-order valence-corrected chi connectivity index (χ3v) is 5.27. The smallest absolute Gasteiger partial charge is 0.301 e. The maximum absolute atomic E-state index is 12.6. The summed E-state index contributed by atoms with van der Waals surface area (Å²) in [4.78, 5) is 9.62. The maximum atomic E-state index is 12.6. The van der Waals surface area contributed by atoms with Crippen LogP contribution in [0, 0.1) is 5.92 Å². The van der Waals surface area contributed by atoms with Crippen molar-refractivity contribution in [2.24, 2.45) is 11.1 Å². The normalized spacial score (nSPS) is 16.1. The molecule has 0 spiro atoms. The number of thiazole rings is 1. The number of hydrogen-bond acceptors (Lipinski definition) is 5. The van der Waals surface area contributed by atoms with Crippen molar-refractivity contribution in [3.05, 3.63) is 23.0 Å². The highest BCUT2D eigenvalue weighted by Crippen LogP contribution is 2.28. The van der Waals surface area contributed by atoms with E-state index in [2.05, 4.69) is 10.1 Å². The van der Waals surface area contributed by atoms with E-state index < -0.39 is 29.1 Å². The fourth-order valence-corrected chi connectivity index (χ4v) is 3.45. The first-order valence-electron chi connectivity index (χ1n) is 6.25. The second-order valence-electron chi connectivity index (χ2n) is 4.47. The molecule has 0 radical (unpaired) electrons. The molecule has 116 valence electrons. The molecule has 0 N–H and O–H groups in total. The van der Waals surface area contributed by atoms with Crippen molar-refractivity contribution in [3.8, 4) is 0 Å². The highest BCUT2D eigenvalue weighted by atomic mass is 32.2. The first-order valence-corrected chi connectivity index (χ1v) is 8.39. The predicted octanol–water partition coefficient (Wildman–Crippen LogP) is 3.48. The second kappa shape index (κ2) is 7.69. The Balaban J connectivity index is 1.80. The summed E-state index contributed by atoms with van der Waals surface area (Å²) in [6.45, 7) is 0.592. The van der Waals surface area contributed by atoms with Crippen molar-refractivity contribution in [1.29, 1.82) is 0 Å². The van der Waals surface area contributed by atoms with Crippen LogP contribution in [0.5, 0.6) is 0 Å². The van der Waals surface area contributed by atoms with E-state index in [0.717, 1.165) is 11.3 Å². The Hall–Kier alpha value is -1.22. The van der Waals surface area contributed by atoms with Gasteiger partial charge < -0.3 is 4.84 Å². The fourth-order valence-electron chi connectivity index (χ4n) is 1.32. The highest BCUT2D eigenvalue weighted by Gasteiger charge is 2.21. The number of aromatic nitrogens is 1. The van der Waals surface area contributed by atoms with E-state index >= 15 is 0 Å². The first kappa shape index (κ1) is 16.2. The Morgan fingerprint density at radius 3 is 2.95 bits per heavy atom. The van der Waals surface area contributed by atoms with Gasteiger partial charge >= 0.3 is 6.08 Å². The number of nitrogens with zero attached hydrogens (tertiary/aromatic N) is 2. The van der Waals surface area contributed by atoms with Gasteiger partial charge in [0.05, 0.1) is 21.9 Å². The molecule has 1 fully saturated rings. The van der Waals surface area contributed by atoms with Crippen LogP contribution >= 0.6 is 11.3 Å². The van der Waals surface area contributed by atoms with Gasteiger partial charge in [-0.05, 0) is 18.8 Å². The number of halogens is 3. The van der Waals surface area contributed by atoms with Crippen LogP contribution in [-0.2, 0) is 15.6 Å². The van der Waals surface area contributed by atoms with Gasteiger partial charge in [-0.15, -0.1) is 11.3 Å². The Morgan fingerprint density at radius 2 is 2.29 bits per heavy atom. The first-order chi connectivity index (χ1) is 10.1. The highest BCUT2D eigenvalue weighted by molar-refractivity contribution is 7.87. The van der Waals surface area contributed by atoms with Gasteiger partial charge in [-0.25, -0.2) is 9.37 Å². The fraction of sp³-hybridized carbons (Fsp3) is 0.500. The molecule has 0 aliphatic heterocycles. The number of oxime groups is 1. The quantitative estimate of drug-likeness (QED) is 0.539.